The van der Waals surface area contributed by atoms with Gasteiger partial charge < -0.3 is 4.90 Å². The Morgan fingerprint density at radius 1 is 0.929 bits per heavy atom. The molecule has 0 amide bonds. The molecule has 2 aromatic rings. The summed E-state index contributed by atoms with van der Waals surface area (Å²) in [6, 6.07) is 16.4. The van der Waals surface area contributed by atoms with Gasteiger partial charge in [0, 0.05) is 26.2 Å². The van der Waals surface area contributed by atoms with Gasteiger partial charge >= 0.3 is 0 Å². The van der Waals surface area contributed by atoms with Gasteiger partial charge in [-0.05, 0) is 36.2 Å². The molecule has 0 bridgehead atoms. The van der Waals surface area contributed by atoms with Crippen LogP contribution in [0.3, 0.4) is 0 Å². The summed E-state index contributed by atoms with van der Waals surface area (Å²) in [4.78, 5) is 2.23. The van der Waals surface area contributed by atoms with E-state index in [0.29, 0.717) is 47.9 Å². The van der Waals surface area contributed by atoms with Crippen LogP contribution in [0.2, 0.25) is 0 Å². The van der Waals surface area contributed by atoms with Crippen molar-refractivity contribution in [2.24, 2.45) is 0 Å². The maximum atomic E-state index is 12.9. The maximum absolute atomic E-state index is 12.9. The lowest BCUT2D eigenvalue weighted by Crippen LogP contribution is -2.49. The Morgan fingerprint density at radius 2 is 1.50 bits per heavy atom. The van der Waals surface area contributed by atoms with Crippen molar-refractivity contribution in [3.63, 3.8) is 0 Å². The zero-order valence-electron chi connectivity index (χ0n) is 15.8. The Balaban J connectivity index is 1.77. The minimum absolute atomic E-state index is 0.302. The van der Waals surface area contributed by atoms with Crippen LogP contribution in [0.1, 0.15) is 30.0 Å². The minimum atomic E-state index is -3.55. The van der Waals surface area contributed by atoms with Crippen LogP contribution in [-0.4, -0.2) is 38.9 Å². The van der Waals surface area contributed by atoms with Crippen molar-refractivity contribution in [3.8, 4) is 12.1 Å². The topological polar surface area (TPSA) is 88.2 Å². The number of piperazine rings is 1. The molecule has 3 rings (SSSR count). The molecule has 6 nitrogen and oxygen atoms in total. The fraction of sp³-hybridized carbons (Fsp3) is 0.333. The van der Waals surface area contributed by atoms with Gasteiger partial charge in [-0.3, -0.25) is 0 Å². The van der Waals surface area contributed by atoms with Crippen molar-refractivity contribution in [1.29, 1.82) is 10.5 Å². The van der Waals surface area contributed by atoms with E-state index in [1.165, 1.54) is 4.31 Å². The van der Waals surface area contributed by atoms with E-state index in [0.717, 1.165) is 18.4 Å². The number of nitriles is 2. The van der Waals surface area contributed by atoms with Gasteiger partial charge in [-0.25, -0.2) is 8.42 Å². The van der Waals surface area contributed by atoms with Crippen LogP contribution in [0.15, 0.2) is 47.4 Å². The van der Waals surface area contributed by atoms with Crippen molar-refractivity contribution in [3.05, 3.63) is 59.2 Å². The number of aryl methyl sites for hydroxylation is 1. The standard InChI is InChI=1S/C21H22N4O2S/c1-2-4-17-7-9-20(10-8-17)28(26,27)25-13-11-24(12-14-25)21-18(15-22)5-3-6-19(21)16-23/h3,5-10H,2,4,11-14H2,1H3. The molecule has 0 unspecified atom stereocenters. The summed E-state index contributed by atoms with van der Waals surface area (Å²) in [6.07, 6.45) is 1.95. The zero-order chi connectivity index (χ0) is 20.1. The average molecular weight is 395 g/mol. The van der Waals surface area contributed by atoms with E-state index >= 15 is 0 Å². The summed E-state index contributed by atoms with van der Waals surface area (Å²) in [7, 11) is -3.55. The van der Waals surface area contributed by atoms with E-state index in [2.05, 4.69) is 19.1 Å². The summed E-state index contributed by atoms with van der Waals surface area (Å²) in [5.74, 6) is 0. The molecule has 1 aliphatic rings. The van der Waals surface area contributed by atoms with Crippen LogP contribution in [-0.2, 0) is 16.4 Å². The number of nitrogens with zero attached hydrogens (tertiary/aromatic N) is 4. The van der Waals surface area contributed by atoms with E-state index in [1.54, 1.807) is 30.3 Å². The van der Waals surface area contributed by atoms with Gasteiger partial charge in [0.25, 0.3) is 0 Å². The maximum Gasteiger partial charge on any atom is 0.243 e. The largest absolute Gasteiger partial charge is 0.367 e. The van der Waals surface area contributed by atoms with Crippen molar-refractivity contribution in [2.75, 3.05) is 31.1 Å². The predicted molar refractivity (Wildman–Crippen MR) is 107 cm³/mol. The molecule has 0 radical (unpaired) electrons. The first-order valence-electron chi connectivity index (χ1n) is 9.28. The Morgan fingerprint density at radius 3 is 2.00 bits per heavy atom. The summed E-state index contributed by atoms with van der Waals surface area (Å²) in [5.41, 5.74) is 2.58. The molecule has 1 fully saturated rings. The fourth-order valence-corrected chi connectivity index (χ4v) is 4.90. The van der Waals surface area contributed by atoms with Crippen LogP contribution < -0.4 is 4.90 Å². The molecule has 28 heavy (non-hydrogen) atoms. The first kappa shape index (κ1) is 19.9. The summed E-state index contributed by atoms with van der Waals surface area (Å²) in [5, 5.41) is 18.7. The van der Waals surface area contributed by atoms with Crippen LogP contribution in [0.25, 0.3) is 0 Å². The molecule has 7 heteroatoms. The average Bonchev–Trinajstić information content (AvgIpc) is 2.73. The molecule has 0 saturated carbocycles. The van der Waals surface area contributed by atoms with E-state index in [1.807, 2.05) is 17.0 Å². The number of hydrogen-bond donors (Lipinski definition) is 0. The highest BCUT2D eigenvalue weighted by atomic mass is 32.2. The molecular weight excluding hydrogens is 372 g/mol. The lowest BCUT2D eigenvalue weighted by atomic mass is 10.1. The molecule has 0 N–H and O–H groups in total. The zero-order valence-corrected chi connectivity index (χ0v) is 16.6. The molecule has 0 aliphatic carbocycles. The molecule has 0 spiro atoms. The third-order valence-corrected chi connectivity index (χ3v) is 6.84. The lowest BCUT2D eigenvalue weighted by Gasteiger charge is -2.36. The molecule has 144 valence electrons. The van der Waals surface area contributed by atoms with Crippen LogP contribution >= 0.6 is 0 Å². The fourth-order valence-electron chi connectivity index (χ4n) is 3.48. The molecule has 1 saturated heterocycles. The smallest absolute Gasteiger partial charge is 0.243 e. The highest BCUT2D eigenvalue weighted by Crippen LogP contribution is 2.27. The second-order valence-corrected chi connectivity index (χ2v) is 8.65. The molecule has 1 aliphatic heterocycles. The van der Waals surface area contributed by atoms with E-state index in [4.69, 9.17) is 0 Å². The number of anilines is 1. The van der Waals surface area contributed by atoms with Crippen LogP contribution in [0.5, 0.6) is 0 Å². The number of rotatable bonds is 5. The van der Waals surface area contributed by atoms with E-state index < -0.39 is 10.0 Å². The molecule has 2 aromatic carbocycles. The van der Waals surface area contributed by atoms with E-state index in [9.17, 15) is 18.9 Å². The Bertz CT molecular complexity index is 993. The number of benzene rings is 2. The Kier molecular flexibility index (Phi) is 5.99. The van der Waals surface area contributed by atoms with Gasteiger partial charge in [-0.1, -0.05) is 31.5 Å². The molecule has 1 heterocycles. The number of hydrogen-bond acceptors (Lipinski definition) is 5. The third-order valence-electron chi connectivity index (χ3n) is 4.93. The summed E-state index contributed by atoms with van der Waals surface area (Å²) < 4.78 is 27.4. The van der Waals surface area contributed by atoms with Crippen LogP contribution in [0.4, 0.5) is 5.69 Å². The third kappa shape index (κ3) is 3.87. The number of para-hydroxylation sites is 1. The normalized spacial score (nSPS) is 15.0. The van der Waals surface area contributed by atoms with Gasteiger partial charge in [0.15, 0.2) is 0 Å². The van der Waals surface area contributed by atoms with Crippen molar-refractivity contribution >= 4 is 15.7 Å². The lowest BCUT2D eigenvalue weighted by molar-refractivity contribution is 0.385. The highest BCUT2D eigenvalue weighted by molar-refractivity contribution is 7.89. The monoisotopic (exact) mass is 394 g/mol. The minimum Gasteiger partial charge on any atom is -0.367 e. The first-order valence-corrected chi connectivity index (χ1v) is 10.7. The Labute approximate surface area is 166 Å². The highest BCUT2D eigenvalue weighted by Gasteiger charge is 2.30. The first-order chi connectivity index (χ1) is 13.5. The van der Waals surface area contributed by atoms with Gasteiger partial charge in [0.05, 0.1) is 21.7 Å². The molecule has 0 aromatic heterocycles. The van der Waals surface area contributed by atoms with Crippen molar-refractivity contribution in [1.82, 2.24) is 4.31 Å². The predicted octanol–water partition coefficient (Wildman–Crippen LogP) is 2.89. The van der Waals surface area contributed by atoms with Crippen molar-refractivity contribution in [2.45, 2.75) is 24.7 Å². The Hall–Kier alpha value is -2.87. The summed E-state index contributed by atoms with van der Waals surface area (Å²) >= 11 is 0. The van der Waals surface area contributed by atoms with Gasteiger partial charge in [-0.15, -0.1) is 0 Å². The SMILES string of the molecule is CCCc1ccc(S(=O)(=O)N2CCN(c3c(C#N)cccc3C#N)CC2)cc1. The quantitative estimate of drug-likeness (QED) is 0.778. The van der Waals surface area contributed by atoms with Gasteiger partial charge in [0.1, 0.15) is 12.1 Å². The van der Waals surface area contributed by atoms with Gasteiger partial charge in [0.2, 0.25) is 10.0 Å². The van der Waals surface area contributed by atoms with Gasteiger partial charge in [-0.2, -0.15) is 14.8 Å². The van der Waals surface area contributed by atoms with Crippen molar-refractivity contribution < 1.29 is 8.42 Å². The second kappa shape index (κ2) is 8.43. The number of sulfonamides is 1. The molecular formula is C21H22N4O2S. The van der Waals surface area contributed by atoms with Crippen LogP contribution in [0, 0.1) is 22.7 Å². The molecule has 0 atom stereocenters. The summed E-state index contributed by atoms with van der Waals surface area (Å²) in [6.45, 7) is 3.57. The second-order valence-electron chi connectivity index (χ2n) is 6.71. The van der Waals surface area contributed by atoms with E-state index in [-0.39, 0.29) is 0 Å².